The van der Waals surface area contributed by atoms with Crippen LogP contribution in [0.3, 0.4) is 0 Å². The lowest BCUT2D eigenvalue weighted by atomic mass is 9.96. The largest absolute Gasteiger partial charge is 0.335 e. The summed E-state index contributed by atoms with van der Waals surface area (Å²) in [6.45, 7) is 3.17. The molecular weight excluding hydrogens is 258 g/mol. The third kappa shape index (κ3) is 3.90. The van der Waals surface area contributed by atoms with Gasteiger partial charge in [-0.2, -0.15) is 0 Å². The van der Waals surface area contributed by atoms with Crippen molar-refractivity contribution < 1.29 is 9.59 Å². The summed E-state index contributed by atoms with van der Waals surface area (Å²) in [5.74, 6) is 0.858. The topological polar surface area (TPSA) is 37.4 Å². The molecule has 1 atom stereocenters. The second-order valence-electron chi connectivity index (χ2n) is 5.20. The second kappa shape index (κ2) is 6.85. The van der Waals surface area contributed by atoms with E-state index in [0.29, 0.717) is 12.3 Å². The van der Waals surface area contributed by atoms with E-state index in [1.54, 1.807) is 4.90 Å². The van der Waals surface area contributed by atoms with Gasteiger partial charge in [-0.15, -0.1) is 11.3 Å². The summed E-state index contributed by atoms with van der Waals surface area (Å²) in [5, 5.41) is 1.90. The predicted molar refractivity (Wildman–Crippen MR) is 77.5 cm³/mol. The minimum absolute atomic E-state index is 0.0669. The van der Waals surface area contributed by atoms with Gasteiger partial charge in [-0.25, -0.2) is 0 Å². The predicted octanol–water partition coefficient (Wildman–Crippen LogP) is 3.36. The van der Waals surface area contributed by atoms with E-state index in [-0.39, 0.29) is 18.2 Å². The van der Waals surface area contributed by atoms with E-state index in [1.165, 1.54) is 24.2 Å². The van der Waals surface area contributed by atoms with E-state index in [1.807, 2.05) is 17.5 Å². The molecule has 19 heavy (non-hydrogen) atoms. The molecule has 3 nitrogen and oxygen atoms in total. The van der Waals surface area contributed by atoms with E-state index in [2.05, 4.69) is 6.92 Å². The number of rotatable bonds is 5. The fourth-order valence-corrected chi connectivity index (χ4v) is 3.30. The fraction of sp³-hybridized carbons (Fsp3) is 0.600. The number of ketones is 1. The van der Waals surface area contributed by atoms with Crippen LogP contribution in [0.2, 0.25) is 0 Å². The van der Waals surface area contributed by atoms with Crippen LogP contribution in [0.1, 0.15) is 48.7 Å². The lowest BCUT2D eigenvalue weighted by molar-refractivity contribution is -0.130. The Balaban J connectivity index is 1.92. The number of Topliss-reactive ketones (excluding diaryl/α,β-unsaturated/α-hetero) is 1. The molecule has 2 rings (SSSR count). The summed E-state index contributed by atoms with van der Waals surface area (Å²) < 4.78 is 0. The molecule has 0 aliphatic carbocycles. The molecule has 0 bridgehead atoms. The Morgan fingerprint density at radius 3 is 3.00 bits per heavy atom. The quantitative estimate of drug-likeness (QED) is 0.775. The van der Waals surface area contributed by atoms with Crippen molar-refractivity contribution in [3.8, 4) is 0 Å². The number of likely N-dealkylation sites (tertiary alicyclic amines) is 1. The molecule has 1 saturated heterocycles. The standard InChI is InChI=1S/C15H21NO2S/c1-2-4-12-6-7-15(18)16(9-8-12)11-13(17)14-5-3-10-19-14/h3,5,10,12H,2,4,6-9,11H2,1H3. The third-order valence-electron chi connectivity index (χ3n) is 3.75. The Kier molecular flexibility index (Phi) is 5.14. The van der Waals surface area contributed by atoms with E-state index in [0.717, 1.165) is 24.3 Å². The van der Waals surface area contributed by atoms with Gasteiger partial charge >= 0.3 is 0 Å². The van der Waals surface area contributed by atoms with Gasteiger partial charge in [0.25, 0.3) is 0 Å². The molecule has 2 heterocycles. The van der Waals surface area contributed by atoms with E-state index in [9.17, 15) is 9.59 Å². The highest BCUT2D eigenvalue weighted by Crippen LogP contribution is 2.23. The summed E-state index contributed by atoms with van der Waals surface area (Å²) >= 11 is 1.45. The van der Waals surface area contributed by atoms with Crippen LogP contribution < -0.4 is 0 Å². The summed E-state index contributed by atoms with van der Waals surface area (Å²) in [7, 11) is 0. The van der Waals surface area contributed by atoms with Crippen molar-refractivity contribution in [2.24, 2.45) is 5.92 Å². The Labute approximate surface area is 118 Å². The maximum atomic E-state index is 12.1. The average Bonchev–Trinajstić information content (AvgIpc) is 2.88. The molecule has 0 N–H and O–H groups in total. The van der Waals surface area contributed by atoms with Crippen LogP contribution in [-0.4, -0.2) is 29.7 Å². The van der Waals surface area contributed by atoms with E-state index < -0.39 is 0 Å². The number of amides is 1. The van der Waals surface area contributed by atoms with Crippen molar-refractivity contribution in [2.45, 2.75) is 39.0 Å². The molecule has 0 aromatic carbocycles. The van der Waals surface area contributed by atoms with Crippen LogP contribution in [0.4, 0.5) is 0 Å². The first kappa shape index (κ1) is 14.3. The van der Waals surface area contributed by atoms with Gasteiger partial charge in [0.05, 0.1) is 11.4 Å². The molecule has 1 aromatic rings. The highest BCUT2D eigenvalue weighted by Gasteiger charge is 2.24. The lowest BCUT2D eigenvalue weighted by Crippen LogP contribution is -2.35. The van der Waals surface area contributed by atoms with E-state index in [4.69, 9.17) is 0 Å². The zero-order valence-electron chi connectivity index (χ0n) is 11.4. The van der Waals surface area contributed by atoms with Crippen LogP contribution in [0.25, 0.3) is 0 Å². The molecule has 104 valence electrons. The highest BCUT2D eigenvalue weighted by molar-refractivity contribution is 7.12. The Bertz CT molecular complexity index is 427. The van der Waals surface area contributed by atoms with Crippen molar-refractivity contribution in [2.75, 3.05) is 13.1 Å². The smallest absolute Gasteiger partial charge is 0.222 e. The molecule has 0 saturated carbocycles. The van der Waals surface area contributed by atoms with Gasteiger partial charge in [0, 0.05) is 13.0 Å². The van der Waals surface area contributed by atoms with Crippen molar-refractivity contribution >= 4 is 23.0 Å². The zero-order valence-corrected chi connectivity index (χ0v) is 12.2. The molecule has 4 heteroatoms. The van der Waals surface area contributed by atoms with Gasteiger partial charge in [0.2, 0.25) is 5.91 Å². The first-order chi connectivity index (χ1) is 9.20. The SMILES string of the molecule is CCCC1CCC(=O)N(CC(=O)c2cccs2)CC1. The first-order valence-corrected chi connectivity index (χ1v) is 7.93. The normalized spacial score (nSPS) is 20.4. The average molecular weight is 279 g/mol. The van der Waals surface area contributed by atoms with Gasteiger partial charge in [-0.3, -0.25) is 9.59 Å². The molecule has 1 aliphatic heterocycles. The minimum atomic E-state index is 0.0669. The summed E-state index contributed by atoms with van der Waals surface area (Å²) in [5.41, 5.74) is 0. The van der Waals surface area contributed by atoms with Crippen LogP contribution in [-0.2, 0) is 4.79 Å². The maximum Gasteiger partial charge on any atom is 0.222 e. The zero-order chi connectivity index (χ0) is 13.7. The third-order valence-corrected chi connectivity index (χ3v) is 4.66. The van der Waals surface area contributed by atoms with Crippen molar-refractivity contribution in [3.63, 3.8) is 0 Å². The summed E-state index contributed by atoms with van der Waals surface area (Å²) in [6, 6.07) is 3.70. The van der Waals surface area contributed by atoms with Gasteiger partial charge in [0.15, 0.2) is 5.78 Å². The van der Waals surface area contributed by atoms with E-state index >= 15 is 0 Å². The van der Waals surface area contributed by atoms with Crippen LogP contribution in [0.15, 0.2) is 17.5 Å². The van der Waals surface area contributed by atoms with Crippen LogP contribution in [0, 0.1) is 5.92 Å². The Hall–Kier alpha value is -1.16. The summed E-state index contributed by atoms with van der Waals surface area (Å²) in [4.78, 5) is 26.6. The van der Waals surface area contributed by atoms with Gasteiger partial charge in [-0.05, 0) is 30.2 Å². The van der Waals surface area contributed by atoms with Gasteiger partial charge in [-0.1, -0.05) is 25.8 Å². The van der Waals surface area contributed by atoms with Crippen molar-refractivity contribution in [1.82, 2.24) is 4.90 Å². The number of carbonyl (C=O) groups is 2. The number of carbonyl (C=O) groups excluding carboxylic acids is 2. The van der Waals surface area contributed by atoms with Crippen LogP contribution >= 0.6 is 11.3 Å². The molecular formula is C15H21NO2S. The summed E-state index contributed by atoms with van der Waals surface area (Å²) in [6.07, 6.45) is 4.99. The number of hydrogen-bond acceptors (Lipinski definition) is 3. The van der Waals surface area contributed by atoms with Gasteiger partial charge in [0.1, 0.15) is 0 Å². The number of hydrogen-bond donors (Lipinski definition) is 0. The lowest BCUT2D eigenvalue weighted by Gasteiger charge is -2.19. The number of nitrogens with zero attached hydrogens (tertiary/aromatic N) is 1. The van der Waals surface area contributed by atoms with Crippen molar-refractivity contribution in [3.05, 3.63) is 22.4 Å². The highest BCUT2D eigenvalue weighted by atomic mass is 32.1. The molecule has 1 aromatic heterocycles. The first-order valence-electron chi connectivity index (χ1n) is 7.05. The fourth-order valence-electron chi connectivity index (χ4n) is 2.65. The van der Waals surface area contributed by atoms with Gasteiger partial charge < -0.3 is 4.90 Å². The van der Waals surface area contributed by atoms with Crippen LogP contribution in [0.5, 0.6) is 0 Å². The number of thiophene rings is 1. The molecule has 0 spiro atoms. The second-order valence-corrected chi connectivity index (χ2v) is 6.15. The Morgan fingerprint density at radius 2 is 2.32 bits per heavy atom. The minimum Gasteiger partial charge on any atom is -0.335 e. The Morgan fingerprint density at radius 1 is 1.47 bits per heavy atom. The molecule has 1 fully saturated rings. The van der Waals surface area contributed by atoms with Crippen molar-refractivity contribution in [1.29, 1.82) is 0 Å². The maximum absolute atomic E-state index is 12.1. The molecule has 1 aliphatic rings. The molecule has 0 radical (unpaired) electrons. The monoisotopic (exact) mass is 279 g/mol. The molecule has 1 amide bonds. The molecule has 1 unspecified atom stereocenters.